The fourth-order valence-corrected chi connectivity index (χ4v) is 3.06. The van der Waals surface area contributed by atoms with Crippen molar-refractivity contribution >= 4 is 16.9 Å². The van der Waals surface area contributed by atoms with Gasteiger partial charge in [0.25, 0.3) is 0 Å². The molecule has 3 atom stereocenters. The summed E-state index contributed by atoms with van der Waals surface area (Å²) in [4.78, 5) is 8.44. The van der Waals surface area contributed by atoms with Crippen LogP contribution in [0.1, 0.15) is 38.5 Å². The Morgan fingerprint density at radius 1 is 1.47 bits per heavy atom. The molecule has 0 radical (unpaired) electrons. The van der Waals surface area contributed by atoms with Crippen LogP contribution in [0.25, 0.3) is 11.0 Å². The number of nitrogens with two attached hydrogens (primary N) is 1. The van der Waals surface area contributed by atoms with Gasteiger partial charge in [0.15, 0.2) is 0 Å². The van der Waals surface area contributed by atoms with Crippen LogP contribution in [0.3, 0.4) is 0 Å². The number of aromatic nitrogens is 3. The van der Waals surface area contributed by atoms with Crippen LogP contribution in [0.5, 0.6) is 0 Å². The molecule has 102 valence electrons. The molecule has 3 rings (SSSR count). The standard InChI is InChI=1S/C14H20N4O/c1-4-10-8(2)5-11(19-10)18-6-9(3)12-13(15)16-7-17-14(12)18/h6-8,10-11H,4-5H2,1-3H3,(H2,15,16,17)/t8-,10+,11+/m0/s1. The molecular weight excluding hydrogens is 240 g/mol. The summed E-state index contributed by atoms with van der Waals surface area (Å²) >= 11 is 0. The van der Waals surface area contributed by atoms with E-state index in [0.29, 0.717) is 17.8 Å². The maximum absolute atomic E-state index is 6.13. The summed E-state index contributed by atoms with van der Waals surface area (Å²) < 4.78 is 8.24. The molecule has 0 bridgehead atoms. The molecule has 1 aliphatic heterocycles. The predicted octanol–water partition coefficient (Wildman–Crippen LogP) is 2.66. The first kappa shape index (κ1) is 12.4. The molecule has 2 N–H and O–H groups in total. The van der Waals surface area contributed by atoms with Crippen molar-refractivity contribution in [3.8, 4) is 0 Å². The molecule has 1 saturated heterocycles. The summed E-state index contributed by atoms with van der Waals surface area (Å²) in [6.07, 6.45) is 6.06. The van der Waals surface area contributed by atoms with Crippen LogP contribution in [-0.4, -0.2) is 20.6 Å². The van der Waals surface area contributed by atoms with Crippen molar-refractivity contribution in [2.75, 3.05) is 5.73 Å². The van der Waals surface area contributed by atoms with Gasteiger partial charge in [-0.25, -0.2) is 9.97 Å². The quantitative estimate of drug-likeness (QED) is 0.901. The number of nitrogen functional groups attached to an aromatic ring is 1. The molecule has 1 aliphatic rings. The van der Waals surface area contributed by atoms with E-state index in [1.165, 1.54) is 6.33 Å². The fraction of sp³-hybridized carbons (Fsp3) is 0.571. The minimum Gasteiger partial charge on any atom is -0.383 e. The van der Waals surface area contributed by atoms with E-state index in [1.54, 1.807) is 0 Å². The molecule has 0 unspecified atom stereocenters. The van der Waals surface area contributed by atoms with Crippen LogP contribution in [0.4, 0.5) is 5.82 Å². The van der Waals surface area contributed by atoms with E-state index in [9.17, 15) is 0 Å². The number of nitrogens with zero attached hydrogens (tertiary/aromatic N) is 3. The van der Waals surface area contributed by atoms with Crippen LogP contribution in [0.15, 0.2) is 12.5 Å². The molecule has 5 heteroatoms. The normalized spacial score (nSPS) is 27.2. The summed E-state index contributed by atoms with van der Waals surface area (Å²) in [6.45, 7) is 6.45. The molecule has 5 nitrogen and oxygen atoms in total. The van der Waals surface area contributed by atoms with Gasteiger partial charge < -0.3 is 15.0 Å². The van der Waals surface area contributed by atoms with Crippen molar-refractivity contribution in [3.05, 3.63) is 18.1 Å². The van der Waals surface area contributed by atoms with Crippen LogP contribution in [0, 0.1) is 12.8 Å². The van der Waals surface area contributed by atoms with Crippen LogP contribution < -0.4 is 5.73 Å². The number of ether oxygens (including phenoxy) is 1. The summed E-state index contributed by atoms with van der Waals surface area (Å²) in [7, 11) is 0. The van der Waals surface area contributed by atoms with Crippen molar-refractivity contribution < 1.29 is 4.74 Å². The number of anilines is 1. The third-order valence-corrected chi connectivity index (χ3v) is 4.08. The largest absolute Gasteiger partial charge is 0.383 e. The average Bonchev–Trinajstić information content (AvgIpc) is 2.91. The van der Waals surface area contributed by atoms with E-state index in [2.05, 4.69) is 34.6 Å². The lowest BCUT2D eigenvalue weighted by Gasteiger charge is -2.15. The zero-order valence-corrected chi connectivity index (χ0v) is 11.6. The van der Waals surface area contributed by atoms with Gasteiger partial charge in [-0.2, -0.15) is 0 Å². The number of rotatable bonds is 2. The molecule has 3 heterocycles. The van der Waals surface area contributed by atoms with Gasteiger partial charge in [-0.3, -0.25) is 0 Å². The molecule has 0 saturated carbocycles. The van der Waals surface area contributed by atoms with E-state index in [4.69, 9.17) is 10.5 Å². The van der Waals surface area contributed by atoms with Gasteiger partial charge in [-0.1, -0.05) is 13.8 Å². The third kappa shape index (κ3) is 1.89. The second-order valence-corrected chi connectivity index (χ2v) is 5.43. The average molecular weight is 260 g/mol. The van der Waals surface area contributed by atoms with E-state index in [0.717, 1.165) is 29.4 Å². The van der Waals surface area contributed by atoms with Crippen LogP contribution >= 0.6 is 0 Å². The zero-order valence-electron chi connectivity index (χ0n) is 11.6. The summed E-state index contributed by atoms with van der Waals surface area (Å²) in [5, 5.41) is 0.943. The van der Waals surface area contributed by atoms with Gasteiger partial charge in [0.1, 0.15) is 24.0 Å². The van der Waals surface area contributed by atoms with E-state index in [-0.39, 0.29) is 6.23 Å². The molecule has 0 amide bonds. The predicted molar refractivity (Wildman–Crippen MR) is 74.7 cm³/mol. The molecule has 2 aromatic rings. The van der Waals surface area contributed by atoms with Crippen molar-refractivity contribution in [3.63, 3.8) is 0 Å². The monoisotopic (exact) mass is 260 g/mol. The lowest BCUT2D eigenvalue weighted by Crippen LogP contribution is -2.12. The highest BCUT2D eigenvalue weighted by Crippen LogP contribution is 2.37. The Bertz CT molecular complexity index is 607. The molecule has 0 spiro atoms. The Kier molecular flexibility index (Phi) is 2.93. The minimum atomic E-state index is 0.0606. The molecule has 0 aromatic carbocycles. The Labute approximate surface area is 112 Å². The number of aryl methyl sites for hydroxylation is 1. The van der Waals surface area contributed by atoms with E-state index < -0.39 is 0 Å². The van der Waals surface area contributed by atoms with E-state index in [1.807, 2.05) is 6.92 Å². The topological polar surface area (TPSA) is 66.0 Å². The second-order valence-electron chi connectivity index (χ2n) is 5.43. The van der Waals surface area contributed by atoms with Crippen molar-refractivity contribution in [1.29, 1.82) is 0 Å². The minimum absolute atomic E-state index is 0.0606. The first-order valence-electron chi connectivity index (χ1n) is 6.84. The van der Waals surface area contributed by atoms with Gasteiger partial charge >= 0.3 is 0 Å². The molecule has 1 fully saturated rings. The SMILES string of the molecule is CC[C@H]1O[C@@H](n2cc(C)c3c(N)ncnc32)C[C@@H]1C. The lowest BCUT2D eigenvalue weighted by atomic mass is 10.0. The lowest BCUT2D eigenvalue weighted by molar-refractivity contribution is -0.00279. The Morgan fingerprint density at radius 2 is 2.26 bits per heavy atom. The first-order chi connectivity index (χ1) is 9.11. The van der Waals surface area contributed by atoms with Crippen molar-refractivity contribution in [1.82, 2.24) is 14.5 Å². The Morgan fingerprint density at radius 3 is 2.95 bits per heavy atom. The van der Waals surface area contributed by atoms with Gasteiger partial charge in [-0.05, 0) is 31.2 Å². The maximum atomic E-state index is 6.13. The van der Waals surface area contributed by atoms with Gasteiger partial charge in [0.2, 0.25) is 0 Å². The van der Waals surface area contributed by atoms with Crippen molar-refractivity contribution in [2.45, 2.75) is 45.9 Å². The Balaban J connectivity index is 2.05. The number of fused-ring (bicyclic) bond motifs is 1. The van der Waals surface area contributed by atoms with Crippen LogP contribution in [-0.2, 0) is 4.74 Å². The Hall–Kier alpha value is -1.62. The second kappa shape index (κ2) is 4.49. The first-order valence-corrected chi connectivity index (χ1v) is 6.84. The van der Waals surface area contributed by atoms with Gasteiger partial charge in [0, 0.05) is 6.20 Å². The van der Waals surface area contributed by atoms with E-state index >= 15 is 0 Å². The third-order valence-electron chi connectivity index (χ3n) is 4.08. The van der Waals surface area contributed by atoms with Crippen molar-refractivity contribution in [2.24, 2.45) is 5.92 Å². The maximum Gasteiger partial charge on any atom is 0.147 e. The fourth-order valence-electron chi connectivity index (χ4n) is 3.06. The summed E-state index contributed by atoms with van der Waals surface area (Å²) in [5.74, 6) is 1.12. The smallest absolute Gasteiger partial charge is 0.147 e. The molecular formula is C14H20N4O. The van der Waals surface area contributed by atoms with Gasteiger partial charge in [-0.15, -0.1) is 0 Å². The molecule has 2 aromatic heterocycles. The zero-order chi connectivity index (χ0) is 13.6. The summed E-state index contributed by atoms with van der Waals surface area (Å²) in [6, 6.07) is 0. The summed E-state index contributed by atoms with van der Waals surface area (Å²) in [5.41, 5.74) is 7.92. The highest BCUT2D eigenvalue weighted by Gasteiger charge is 2.33. The van der Waals surface area contributed by atoms with Gasteiger partial charge in [0.05, 0.1) is 11.5 Å². The number of hydrogen-bond donors (Lipinski definition) is 1. The molecule has 19 heavy (non-hydrogen) atoms. The molecule has 0 aliphatic carbocycles. The highest BCUT2D eigenvalue weighted by atomic mass is 16.5. The number of hydrogen-bond acceptors (Lipinski definition) is 4. The van der Waals surface area contributed by atoms with Crippen LogP contribution in [0.2, 0.25) is 0 Å². The highest BCUT2D eigenvalue weighted by molar-refractivity contribution is 5.89.